The van der Waals surface area contributed by atoms with Crippen molar-refractivity contribution in [2.75, 3.05) is 13.7 Å². The lowest BCUT2D eigenvalue weighted by molar-refractivity contribution is -0.126. The number of carbonyl (C=O) groups excluding carboxylic acids is 3. The number of hydrogen-bond donors (Lipinski definition) is 6. The van der Waals surface area contributed by atoms with Crippen LogP contribution in [0.5, 0.6) is 5.75 Å². The summed E-state index contributed by atoms with van der Waals surface area (Å²) in [4.78, 5) is 42.3. The van der Waals surface area contributed by atoms with Gasteiger partial charge in [0.1, 0.15) is 23.5 Å². The molecule has 6 N–H and O–H groups in total. The van der Waals surface area contributed by atoms with Gasteiger partial charge in [-0.3, -0.25) is 24.8 Å². The van der Waals surface area contributed by atoms with Crippen molar-refractivity contribution in [1.82, 2.24) is 36.4 Å². The molecule has 2 aromatic heterocycles. The molecule has 3 heterocycles. The van der Waals surface area contributed by atoms with E-state index in [9.17, 15) is 19.6 Å². The number of aromatic amines is 2. The summed E-state index contributed by atoms with van der Waals surface area (Å²) in [5.41, 5.74) is 1.89. The highest BCUT2D eigenvalue weighted by molar-refractivity contribution is 6.01. The normalized spacial score (nSPS) is 17.2. The molecule has 4 rings (SSSR count). The van der Waals surface area contributed by atoms with Gasteiger partial charge in [0.2, 0.25) is 11.8 Å². The van der Waals surface area contributed by atoms with Crippen LogP contribution in [0.25, 0.3) is 10.9 Å². The Labute approximate surface area is 232 Å². The number of carbonyl (C=O) groups is 3. The van der Waals surface area contributed by atoms with E-state index in [2.05, 4.69) is 42.5 Å². The predicted molar refractivity (Wildman–Crippen MR) is 148 cm³/mol. The highest BCUT2D eigenvalue weighted by Crippen LogP contribution is 2.26. The van der Waals surface area contributed by atoms with Gasteiger partial charge in [0.25, 0.3) is 5.91 Å². The molecule has 0 aliphatic carbocycles. The summed E-state index contributed by atoms with van der Waals surface area (Å²) in [5.74, 6) is -0.522. The molecule has 1 fully saturated rings. The van der Waals surface area contributed by atoms with Gasteiger partial charge in [-0.1, -0.05) is 19.9 Å². The fraction of sp³-hybridized carbons (Fsp3) is 0.464. The Morgan fingerprint density at radius 2 is 2.10 bits per heavy atom. The fourth-order valence-electron chi connectivity index (χ4n) is 4.98. The molecule has 0 saturated carbocycles. The summed E-state index contributed by atoms with van der Waals surface area (Å²) in [6, 6.07) is 7.12. The maximum absolute atomic E-state index is 13.6. The van der Waals surface area contributed by atoms with Gasteiger partial charge in [0.05, 0.1) is 25.4 Å². The third kappa shape index (κ3) is 6.98. The molecule has 3 aromatic rings. The van der Waals surface area contributed by atoms with Crippen LogP contribution < -0.4 is 26.0 Å². The minimum absolute atomic E-state index is 0.0907. The van der Waals surface area contributed by atoms with Crippen molar-refractivity contribution in [3.8, 4) is 11.8 Å². The van der Waals surface area contributed by atoms with Crippen molar-refractivity contribution in [1.29, 1.82) is 5.26 Å². The molecule has 1 saturated heterocycles. The lowest BCUT2D eigenvalue weighted by atomic mass is 9.93. The average molecular weight is 549 g/mol. The van der Waals surface area contributed by atoms with E-state index in [1.165, 1.54) is 0 Å². The molecular weight excluding hydrogens is 512 g/mol. The van der Waals surface area contributed by atoms with Crippen molar-refractivity contribution < 1.29 is 19.1 Å². The Bertz CT molecular complexity index is 1360. The van der Waals surface area contributed by atoms with Gasteiger partial charge in [-0.2, -0.15) is 10.4 Å². The average Bonchev–Trinajstić information content (AvgIpc) is 3.69. The summed E-state index contributed by atoms with van der Waals surface area (Å²) >= 11 is 0. The van der Waals surface area contributed by atoms with E-state index in [1.807, 2.05) is 32.0 Å². The van der Waals surface area contributed by atoms with E-state index in [0.717, 1.165) is 16.5 Å². The first-order chi connectivity index (χ1) is 19.3. The molecule has 1 aliphatic rings. The van der Waals surface area contributed by atoms with Crippen molar-refractivity contribution in [3.63, 3.8) is 0 Å². The first-order valence-corrected chi connectivity index (χ1v) is 13.4. The summed E-state index contributed by atoms with van der Waals surface area (Å²) in [6.07, 6.45) is 4.66. The summed E-state index contributed by atoms with van der Waals surface area (Å²) in [7, 11) is 1.56. The quantitative estimate of drug-likeness (QED) is 0.188. The largest absolute Gasteiger partial charge is 0.496 e. The third-order valence-corrected chi connectivity index (χ3v) is 7.07. The van der Waals surface area contributed by atoms with Gasteiger partial charge in [-0.25, -0.2) is 0 Å². The first-order valence-electron chi connectivity index (χ1n) is 13.4. The minimum Gasteiger partial charge on any atom is -0.496 e. The maximum atomic E-state index is 13.6. The van der Waals surface area contributed by atoms with Gasteiger partial charge >= 0.3 is 0 Å². The number of H-pyrrole nitrogens is 2. The Morgan fingerprint density at radius 1 is 1.27 bits per heavy atom. The number of benzene rings is 1. The highest BCUT2D eigenvalue weighted by atomic mass is 16.5. The third-order valence-electron chi connectivity index (χ3n) is 7.07. The number of methoxy groups -OCH3 is 1. The molecule has 0 radical (unpaired) electrons. The molecule has 0 bridgehead atoms. The topological polar surface area (TPSA) is 177 Å². The Morgan fingerprint density at radius 3 is 2.75 bits per heavy atom. The van der Waals surface area contributed by atoms with E-state index in [0.29, 0.717) is 43.8 Å². The van der Waals surface area contributed by atoms with Crippen molar-refractivity contribution >= 4 is 28.6 Å². The smallest absolute Gasteiger partial charge is 0.268 e. The molecular formula is C28H36N8O4. The van der Waals surface area contributed by atoms with Gasteiger partial charge in [0, 0.05) is 41.7 Å². The summed E-state index contributed by atoms with van der Waals surface area (Å²) in [5, 5.41) is 29.2. The van der Waals surface area contributed by atoms with Gasteiger partial charge in [-0.15, -0.1) is 0 Å². The molecule has 1 aliphatic heterocycles. The second-order valence-electron chi connectivity index (χ2n) is 10.5. The fourth-order valence-corrected chi connectivity index (χ4v) is 4.98. The predicted octanol–water partition coefficient (Wildman–Crippen LogP) is 1.74. The number of hydrogen-bond acceptors (Lipinski definition) is 7. The molecule has 12 nitrogen and oxygen atoms in total. The summed E-state index contributed by atoms with van der Waals surface area (Å²) < 4.78 is 5.39. The number of nitrogens with one attached hydrogen (secondary N) is 6. The second kappa shape index (κ2) is 13.1. The van der Waals surface area contributed by atoms with Crippen LogP contribution in [-0.4, -0.2) is 64.7 Å². The van der Waals surface area contributed by atoms with Crippen LogP contribution in [0.15, 0.2) is 36.7 Å². The molecule has 212 valence electrons. The highest BCUT2D eigenvalue weighted by Gasteiger charge is 2.34. The Hall–Kier alpha value is -4.37. The number of amides is 3. The second-order valence-corrected chi connectivity index (χ2v) is 10.5. The van der Waals surface area contributed by atoms with Crippen LogP contribution in [0.2, 0.25) is 0 Å². The zero-order valence-corrected chi connectivity index (χ0v) is 22.9. The number of aromatic nitrogens is 3. The van der Waals surface area contributed by atoms with Crippen LogP contribution in [0, 0.1) is 23.2 Å². The van der Waals surface area contributed by atoms with E-state index < -0.39 is 29.9 Å². The molecule has 1 unspecified atom stereocenters. The molecule has 12 heteroatoms. The molecule has 0 spiro atoms. The monoisotopic (exact) mass is 548 g/mol. The van der Waals surface area contributed by atoms with Crippen molar-refractivity contribution in [2.24, 2.45) is 11.8 Å². The first kappa shape index (κ1) is 28.6. The number of rotatable bonds is 13. The number of nitriles is 1. The summed E-state index contributed by atoms with van der Waals surface area (Å²) in [6.45, 7) is 4.84. The van der Waals surface area contributed by atoms with Gasteiger partial charge in [0.15, 0.2) is 0 Å². The standard InChI is InChI=1S/C28H36N8O4/c1-16(2)9-22(36-28(39)23-11-19-20(34-23)5-4-6-25(19)40-3)27(38)35-21(10-18-7-8-30-26(18)37)24(12-29)31-13-17-14-32-33-15-17/h4-6,11,14-16,18,21-22,24,31,34H,7-10,13H2,1-3H3,(H,30,37)(H,32,33)(H,35,38)(H,36,39)/t18-,21-,22-,24?/m0/s1. The van der Waals surface area contributed by atoms with E-state index in [1.54, 1.807) is 25.6 Å². The number of fused-ring (bicyclic) bond motifs is 1. The van der Waals surface area contributed by atoms with Gasteiger partial charge < -0.3 is 25.7 Å². The van der Waals surface area contributed by atoms with Crippen molar-refractivity contribution in [3.05, 3.63) is 47.9 Å². The van der Waals surface area contributed by atoms with Crippen LogP contribution in [0.1, 0.15) is 49.2 Å². The Kier molecular flexibility index (Phi) is 9.39. The van der Waals surface area contributed by atoms with Crippen LogP contribution in [0.3, 0.4) is 0 Å². The Balaban J connectivity index is 1.51. The number of ether oxygens (including phenoxy) is 1. The van der Waals surface area contributed by atoms with E-state index in [-0.39, 0.29) is 17.7 Å². The van der Waals surface area contributed by atoms with Crippen LogP contribution >= 0.6 is 0 Å². The van der Waals surface area contributed by atoms with Crippen molar-refractivity contribution in [2.45, 2.75) is 57.8 Å². The number of nitrogens with zero attached hydrogens (tertiary/aromatic N) is 2. The van der Waals surface area contributed by atoms with E-state index >= 15 is 0 Å². The van der Waals surface area contributed by atoms with Crippen LogP contribution in [-0.2, 0) is 16.1 Å². The lowest BCUT2D eigenvalue weighted by Crippen LogP contribution is -2.56. The minimum atomic E-state index is -0.853. The van der Waals surface area contributed by atoms with E-state index in [4.69, 9.17) is 4.74 Å². The SMILES string of the molecule is COc1cccc2[nH]c(C(=O)N[C@@H](CC(C)C)C(=O)N[C@@H](C[C@@H]3CCNC3=O)C(C#N)NCc3cn[nH]c3)cc12. The zero-order chi connectivity index (χ0) is 28.6. The molecule has 4 atom stereocenters. The van der Waals surface area contributed by atoms with Gasteiger partial charge in [-0.05, 0) is 43.4 Å². The molecule has 3 amide bonds. The zero-order valence-electron chi connectivity index (χ0n) is 22.9. The molecule has 40 heavy (non-hydrogen) atoms. The van der Waals surface area contributed by atoms with Crippen LogP contribution in [0.4, 0.5) is 0 Å². The lowest BCUT2D eigenvalue weighted by Gasteiger charge is -2.28. The molecule has 1 aromatic carbocycles. The maximum Gasteiger partial charge on any atom is 0.268 e.